The maximum atomic E-state index is 14.8. The van der Waals surface area contributed by atoms with Crippen molar-refractivity contribution in [1.82, 2.24) is 19.7 Å². The number of nitrogen functional groups attached to an aromatic ring is 1. The third kappa shape index (κ3) is 3.78. The summed E-state index contributed by atoms with van der Waals surface area (Å²) in [7, 11) is 3.01. The maximum Gasteiger partial charge on any atom is 0.458 e. The predicted octanol–water partition coefficient (Wildman–Crippen LogP) is 4.77. The molecule has 2 aromatic carbocycles. The van der Waals surface area contributed by atoms with Gasteiger partial charge in [-0.1, -0.05) is 24.3 Å². The van der Waals surface area contributed by atoms with Gasteiger partial charge in [-0.15, -0.1) is 0 Å². The molecule has 0 bridgehead atoms. The van der Waals surface area contributed by atoms with E-state index in [1.54, 1.807) is 7.05 Å². The molecule has 0 unspecified atom stereocenters. The van der Waals surface area contributed by atoms with Crippen molar-refractivity contribution < 1.29 is 31.1 Å². The molecule has 0 radical (unpaired) electrons. The van der Waals surface area contributed by atoms with Gasteiger partial charge < -0.3 is 10.6 Å². The molecule has 34 heavy (non-hydrogen) atoms. The number of anilines is 1. The minimum Gasteiger partial charge on any atom is -0.383 e. The van der Waals surface area contributed by atoms with Crippen LogP contribution in [0.4, 0.5) is 32.2 Å². The zero-order valence-corrected chi connectivity index (χ0v) is 17.8. The SMILES string of the molecule is CN(Cc1ccc(C(F)(F)C(F)(F)F)cc1)C(=O)c1cc2c(cc1F)nc(N)c1cnn(C)c12. The number of carbonyl (C=O) groups excluding carboxylic acids is 1. The zero-order chi connectivity index (χ0) is 25.0. The Bertz CT molecular complexity index is 1410. The fraction of sp³-hybridized carbons (Fsp3) is 0.227. The van der Waals surface area contributed by atoms with E-state index in [0.717, 1.165) is 23.1 Å². The Labute approximate surface area is 188 Å². The number of nitrogens with two attached hydrogens (primary N) is 1. The van der Waals surface area contributed by atoms with Crippen LogP contribution in [-0.4, -0.2) is 38.8 Å². The minimum absolute atomic E-state index is 0.157. The molecule has 2 heterocycles. The standard InChI is InChI=1S/C22H17F6N5O/c1-32(10-11-3-5-12(6-4-11)21(24,25)22(26,27)28)20(34)13-7-14-17(8-16(13)23)31-19(29)15-9-30-33(2)18(14)15/h3-9H,10H2,1-2H3,(H2,29,31). The van der Waals surface area contributed by atoms with Crippen LogP contribution in [0.25, 0.3) is 21.8 Å². The number of halogens is 6. The van der Waals surface area contributed by atoms with Gasteiger partial charge in [-0.2, -0.15) is 27.1 Å². The lowest BCUT2D eigenvalue weighted by Gasteiger charge is -2.21. The fourth-order valence-corrected chi connectivity index (χ4v) is 3.68. The molecule has 2 N–H and O–H groups in total. The van der Waals surface area contributed by atoms with Crippen molar-refractivity contribution in [3.63, 3.8) is 0 Å². The first kappa shape index (κ1) is 23.3. The van der Waals surface area contributed by atoms with Crippen LogP contribution in [0.2, 0.25) is 0 Å². The van der Waals surface area contributed by atoms with Crippen LogP contribution in [0.5, 0.6) is 0 Å². The summed E-state index contributed by atoms with van der Waals surface area (Å²) in [6, 6.07) is 5.81. The number of carbonyl (C=O) groups is 1. The van der Waals surface area contributed by atoms with E-state index in [4.69, 9.17) is 5.73 Å². The van der Waals surface area contributed by atoms with Crippen LogP contribution in [0, 0.1) is 5.82 Å². The molecular formula is C22H17F6N5O. The lowest BCUT2D eigenvalue weighted by atomic mass is 10.0. The first-order valence-electron chi connectivity index (χ1n) is 9.81. The number of amides is 1. The van der Waals surface area contributed by atoms with Gasteiger partial charge in [0, 0.05) is 37.7 Å². The summed E-state index contributed by atoms with van der Waals surface area (Å²) in [5.74, 6) is -6.42. The summed E-state index contributed by atoms with van der Waals surface area (Å²) in [6.07, 6.45) is -4.23. The molecule has 0 saturated heterocycles. The normalized spacial score (nSPS) is 12.5. The van der Waals surface area contributed by atoms with Crippen molar-refractivity contribution in [1.29, 1.82) is 0 Å². The molecule has 0 fully saturated rings. The topological polar surface area (TPSA) is 77.0 Å². The summed E-state index contributed by atoms with van der Waals surface area (Å²) < 4.78 is 80.9. The molecule has 4 rings (SSSR count). The summed E-state index contributed by atoms with van der Waals surface area (Å²) in [4.78, 5) is 18.2. The number of fused-ring (bicyclic) bond motifs is 3. The van der Waals surface area contributed by atoms with Crippen LogP contribution in [0.15, 0.2) is 42.6 Å². The first-order chi connectivity index (χ1) is 15.8. The van der Waals surface area contributed by atoms with E-state index < -0.39 is 29.4 Å². The van der Waals surface area contributed by atoms with Crippen LogP contribution >= 0.6 is 0 Å². The number of aromatic nitrogens is 3. The Morgan fingerprint density at radius 2 is 1.74 bits per heavy atom. The van der Waals surface area contributed by atoms with Gasteiger partial charge in [-0.05, 0) is 11.6 Å². The van der Waals surface area contributed by atoms with Crippen molar-refractivity contribution in [2.24, 2.45) is 7.05 Å². The van der Waals surface area contributed by atoms with E-state index in [1.807, 2.05) is 0 Å². The maximum absolute atomic E-state index is 14.8. The average molecular weight is 481 g/mol. The Balaban J connectivity index is 1.63. The lowest BCUT2D eigenvalue weighted by molar-refractivity contribution is -0.289. The molecular weight excluding hydrogens is 464 g/mol. The molecule has 1 amide bonds. The number of hydrogen-bond donors (Lipinski definition) is 1. The summed E-state index contributed by atoms with van der Waals surface area (Å²) in [5.41, 5.74) is 5.48. The quantitative estimate of drug-likeness (QED) is 0.426. The van der Waals surface area contributed by atoms with Crippen molar-refractivity contribution in [2.75, 3.05) is 12.8 Å². The minimum atomic E-state index is -5.73. The molecule has 178 valence electrons. The van der Waals surface area contributed by atoms with Gasteiger partial charge in [0.1, 0.15) is 11.6 Å². The van der Waals surface area contributed by atoms with E-state index >= 15 is 0 Å². The molecule has 4 aromatic rings. The van der Waals surface area contributed by atoms with E-state index in [1.165, 1.54) is 24.0 Å². The number of alkyl halides is 5. The van der Waals surface area contributed by atoms with Gasteiger partial charge in [0.25, 0.3) is 5.91 Å². The second kappa shape index (κ2) is 7.89. The average Bonchev–Trinajstić information content (AvgIpc) is 3.15. The number of benzene rings is 2. The Kier molecular flexibility index (Phi) is 5.41. The van der Waals surface area contributed by atoms with Crippen molar-refractivity contribution in [2.45, 2.75) is 18.6 Å². The van der Waals surface area contributed by atoms with E-state index in [9.17, 15) is 31.1 Å². The van der Waals surface area contributed by atoms with Crippen molar-refractivity contribution >= 4 is 33.5 Å². The molecule has 0 atom stereocenters. The van der Waals surface area contributed by atoms with Gasteiger partial charge in [0.15, 0.2) is 0 Å². The first-order valence-corrected chi connectivity index (χ1v) is 9.81. The van der Waals surface area contributed by atoms with Crippen molar-refractivity contribution in [3.05, 3.63) is 65.1 Å². The number of rotatable bonds is 4. The molecule has 0 spiro atoms. The third-order valence-corrected chi connectivity index (χ3v) is 5.47. The summed E-state index contributed by atoms with van der Waals surface area (Å²) >= 11 is 0. The fourth-order valence-electron chi connectivity index (χ4n) is 3.68. The number of pyridine rings is 1. The van der Waals surface area contributed by atoms with E-state index in [2.05, 4.69) is 10.1 Å². The molecule has 6 nitrogen and oxygen atoms in total. The van der Waals surface area contributed by atoms with Gasteiger partial charge in [-0.25, -0.2) is 9.37 Å². The Hall–Kier alpha value is -3.83. The third-order valence-electron chi connectivity index (χ3n) is 5.47. The van der Waals surface area contributed by atoms with E-state index in [0.29, 0.717) is 28.4 Å². The summed E-state index contributed by atoms with van der Waals surface area (Å²) in [6.45, 7) is -0.157. The second-order valence-electron chi connectivity index (χ2n) is 7.81. The van der Waals surface area contributed by atoms with E-state index in [-0.39, 0.29) is 29.0 Å². The number of nitrogens with zero attached hydrogens (tertiary/aromatic N) is 4. The van der Waals surface area contributed by atoms with Gasteiger partial charge >= 0.3 is 12.1 Å². The summed E-state index contributed by atoms with van der Waals surface area (Å²) in [5, 5.41) is 5.09. The monoisotopic (exact) mass is 481 g/mol. The molecule has 0 aliphatic heterocycles. The highest BCUT2D eigenvalue weighted by Gasteiger charge is 2.58. The second-order valence-corrected chi connectivity index (χ2v) is 7.81. The molecule has 0 aliphatic rings. The van der Waals surface area contributed by atoms with Gasteiger partial charge in [-0.3, -0.25) is 9.48 Å². The Morgan fingerprint density at radius 1 is 1.09 bits per heavy atom. The highest BCUT2D eigenvalue weighted by atomic mass is 19.4. The molecule has 12 heteroatoms. The zero-order valence-electron chi connectivity index (χ0n) is 17.8. The predicted molar refractivity (Wildman–Crippen MR) is 113 cm³/mol. The van der Waals surface area contributed by atoms with Crippen LogP contribution < -0.4 is 5.73 Å². The van der Waals surface area contributed by atoms with Gasteiger partial charge in [0.05, 0.1) is 28.2 Å². The van der Waals surface area contributed by atoms with Crippen LogP contribution in [-0.2, 0) is 19.5 Å². The highest BCUT2D eigenvalue weighted by Crippen LogP contribution is 2.43. The number of aryl methyl sites for hydroxylation is 1. The highest BCUT2D eigenvalue weighted by molar-refractivity contribution is 6.10. The smallest absolute Gasteiger partial charge is 0.383 e. The Morgan fingerprint density at radius 3 is 2.35 bits per heavy atom. The molecule has 0 aliphatic carbocycles. The lowest BCUT2D eigenvalue weighted by Crippen LogP contribution is -2.33. The van der Waals surface area contributed by atoms with Gasteiger partial charge in [0.2, 0.25) is 0 Å². The number of hydrogen-bond acceptors (Lipinski definition) is 4. The largest absolute Gasteiger partial charge is 0.458 e. The van der Waals surface area contributed by atoms with Crippen LogP contribution in [0.1, 0.15) is 21.5 Å². The van der Waals surface area contributed by atoms with Crippen LogP contribution in [0.3, 0.4) is 0 Å². The van der Waals surface area contributed by atoms with Crippen molar-refractivity contribution in [3.8, 4) is 0 Å². The molecule has 0 saturated carbocycles. The molecule has 2 aromatic heterocycles.